The van der Waals surface area contributed by atoms with Crippen LogP contribution in [0.1, 0.15) is 43.7 Å². The lowest BCUT2D eigenvalue weighted by atomic mass is 9.98. The molecule has 1 fully saturated rings. The number of carbonyl (C=O) groups excluding carboxylic acids is 2. The van der Waals surface area contributed by atoms with Crippen LogP contribution in [0.3, 0.4) is 0 Å². The Morgan fingerprint density at radius 1 is 1.03 bits per heavy atom. The van der Waals surface area contributed by atoms with Crippen LogP contribution in [0.2, 0.25) is 0 Å². The monoisotopic (exact) mass is 436 g/mol. The molecule has 7 nitrogen and oxygen atoms in total. The maximum atomic E-state index is 12.3. The van der Waals surface area contributed by atoms with E-state index in [0.29, 0.717) is 13.0 Å². The molecule has 3 N–H and O–H groups in total. The maximum absolute atomic E-state index is 12.3. The van der Waals surface area contributed by atoms with Crippen molar-refractivity contribution in [2.75, 3.05) is 13.2 Å². The molecular weight excluding hydrogens is 408 g/mol. The van der Waals surface area contributed by atoms with Crippen molar-refractivity contribution < 1.29 is 24.2 Å². The SMILES string of the molecule is CC(C)(CC(=O)O)NC(=O)[C@@H]1C[C@@H]1CNC(=O)OCC1c2ccccc2-c2ccccc21. The molecule has 0 aliphatic heterocycles. The van der Waals surface area contributed by atoms with Gasteiger partial charge in [0.2, 0.25) is 5.91 Å². The predicted octanol–water partition coefficient (Wildman–Crippen LogP) is 3.53. The molecule has 0 bridgehead atoms. The number of hydrogen-bond acceptors (Lipinski definition) is 4. The van der Waals surface area contributed by atoms with Gasteiger partial charge in [0.15, 0.2) is 0 Å². The third kappa shape index (κ3) is 4.77. The molecule has 7 heteroatoms. The average Bonchev–Trinajstić information content (AvgIpc) is 3.45. The van der Waals surface area contributed by atoms with Crippen LogP contribution in [0.15, 0.2) is 48.5 Å². The Kier molecular flexibility index (Phi) is 5.91. The second kappa shape index (κ2) is 8.65. The average molecular weight is 437 g/mol. The van der Waals surface area contributed by atoms with Crippen LogP contribution in [-0.2, 0) is 14.3 Å². The molecule has 0 aromatic heterocycles. The molecule has 0 spiro atoms. The highest BCUT2D eigenvalue weighted by Gasteiger charge is 2.44. The van der Waals surface area contributed by atoms with Gasteiger partial charge in [0.05, 0.1) is 6.42 Å². The Bertz CT molecular complexity index is 1000. The second-order valence-corrected chi connectivity index (χ2v) is 9.25. The zero-order valence-electron chi connectivity index (χ0n) is 18.3. The lowest BCUT2D eigenvalue weighted by molar-refractivity contribution is -0.138. The number of carboxylic acids is 1. The third-order valence-electron chi connectivity index (χ3n) is 6.17. The van der Waals surface area contributed by atoms with E-state index >= 15 is 0 Å². The smallest absolute Gasteiger partial charge is 0.407 e. The molecule has 168 valence electrons. The number of aliphatic carboxylic acids is 1. The van der Waals surface area contributed by atoms with E-state index < -0.39 is 17.6 Å². The maximum Gasteiger partial charge on any atom is 0.407 e. The van der Waals surface area contributed by atoms with Crippen molar-refractivity contribution in [2.24, 2.45) is 11.8 Å². The van der Waals surface area contributed by atoms with Crippen molar-refractivity contribution in [3.63, 3.8) is 0 Å². The van der Waals surface area contributed by atoms with E-state index in [2.05, 4.69) is 34.9 Å². The zero-order chi connectivity index (χ0) is 22.9. The minimum atomic E-state index is -0.959. The van der Waals surface area contributed by atoms with Crippen LogP contribution in [0.25, 0.3) is 11.1 Å². The van der Waals surface area contributed by atoms with Crippen LogP contribution in [0.5, 0.6) is 0 Å². The van der Waals surface area contributed by atoms with Crippen molar-refractivity contribution in [1.82, 2.24) is 10.6 Å². The van der Waals surface area contributed by atoms with Gasteiger partial charge in [-0.2, -0.15) is 0 Å². The normalized spacial score (nSPS) is 18.9. The summed E-state index contributed by atoms with van der Waals surface area (Å²) < 4.78 is 5.52. The minimum absolute atomic E-state index is 0.00377. The lowest BCUT2D eigenvalue weighted by Gasteiger charge is -2.24. The Morgan fingerprint density at radius 2 is 1.62 bits per heavy atom. The van der Waals surface area contributed by atoms with Crippen LogP contribution >= 0.6 is 0 Å². The largest absolute Gasteiger partial charge is 0.481 e. The molecule has 2 aromatic carbocycles. The first-order valence-corrected chi connectivity index (χ1v) is 10.9. The predicted molar refractivity (Wildman–Crippen MR) is 119 cm³/mol. The first kappa shape index (κ1) is 21.9. The summed E-state index contributed by atoms with van der Waals surface area (Å²) in [6.45, 7) is 3.97. The third-order valence-corrected chi connectivity index (χ3v) is 6.17. The van der Waals surface area contributed by atoms with Crippen molar-refractivity contribution in [3.8, 4) is 11.1 Å². The number of hydrogen-bond donors (Lipinski definition) is 3. The van der Waals surface area contributed by atoms with E-state index in [1.165, 1.54) is 11.1 Å². The van der Waals surface area contributed by atoms with E-state index in [9.17, 15) is 14.4 Å². The van der Waals surface area contributed by atoms with Crippen LogP contribution < -0.4 is 10.6 Å². The molecule has 1 saturated carbocycles. The van der Waals surface area contributed by atoms with Gasteiger partial charge >= 0.3 is 12.1 Å². The molecule has 2 aliphatic carbocycles. The number of amides is 2. The number of carboxylic acid groups (broad SMARTS) is 1. The van der Waals surface area contributed by atoms with E-state index in [0.717, 1.165) is 11.1 Å². The van der Waals surface area contributed by atoms with Crippen molar-refractivity contribution in [3.05, 3.63) is 59.7 Å². The topological polar surface area (TPSA) is 105 Å². The first-order chi connectivity index (χ1) is 15.2. The van der Waals surface area contributed by atoms with E-state index in [4.69, 9.17) is 9.84 Å². The number of carbonyl (C=O) groups is 3. The van der Waals surface area contributed by atoms with Gasteiger partial charge in [0, 0.05) is 23.9 Å². The number of ether oxygens (including phenoxy) is 1. The quantitative estimate of drug-likeness (QED) is 0.587. The second-order valence-electron chi connectivity index (χ2n) is 9.25. The van der Waals surface area contributed by atoms with Crippen LogP contribution in [0, 0.1) is 11.8 Å². The Balaban J connectivity index is 1.25. The minimum Gasteiger partial charge on any atom is -0.481 e. The fourth-order valence-electron chi connectivity index (χ4n) is 4.51. The molecule has 4 rings (SSSR count). The van der Waals surface area contributed by atoms with Gasteiger partial charge in [-0.1, -0.05) is 48.5 Å². The Labute approximate surface area is 187 Å². The van der Waals surface area contributed by atoms with Crippen molar-refractivity contribution in [2.45, 2.75) is 38.1 Å². The zero-order valence-corrected chi connectivity index (χ0v) is 18.3. The molecule has 0 saturated heterocycles. The fraction of sp³-hybridized carbons (Fsp3) is 0.400. The molecule has 2 amide bonds. The highest BCUT2D eigenvalue weighted by atomic mass is 16.5. The number of nitrogens with one attached hydrogen (secondary N) is 2. The van der Waals surface area contributed by atoms with Gasteiger partial charge in [0.1, 0.15) is 6.61 Å². The van der Waals surface area contributed by atoms with Gasteiger partial charge in [-0.25, -0.2) is 4.79 Å². The molecule has 0 heterocycles. The summed E-state index contributed by atoms with van der Waals surface area (Å²) >= 11 is 0. The summed E-state index contributed by atoms with van der Waals surface area (Å²) in [4.78, 5) is 35.5. The van der Waals surface area contributed by atoms with Gasteiger partial charge < -0.3 is 20.5 Å². The standard InChI is InChI=1S/C25H28N2O5/c1-25(2,12-22(28)29)27-23(30)20-11-15(20)13-26-24(31)32-14-21-18-9-5-3-7-16(18)17-8-4-6-10-19(17)21/h3-10,15,20-21H,11-14H2,1-2H3,(H,26,31)(H,27,30)(H,28,29)/t15-,20-/m1/s1. The highest BCUT2D eigenvalue weighted by molar-refractivity contribution is 5.83. The fourth-order valence-corrected chi connectivity index (χ4v) is 4.51. The summed E-state index contributed by atoms with van der Waals surface area (Å²) in [6.07, 6.45) is 0.0244. The van der Waals surface area contributed by atoms with Crippen LogP contribution in [-0.4, -0.2) is 41.8 Å². The van der Waals surface area contributed by atoms with Gasteiger partial charge in [-0.15, -0.1) is 0 Å². The van der Waals surface area contributed by atoms with Gasteiger partial charge in [-0.3, -0.25) is 9.59 Å². The summed E-state index contributed by atoms with van der Waals surface area (Å²) in [6, 6.07) is 16.3. The highest BCUT2D eigenvalue weighted by Crippen LogP contribution is 2.44. The molecule has 2 aliphatic rings. The number of benzene rings is 2. The number of rotatable bonds is 8. The Morgan fingerprint density at radius 3 is 2.22 bits per heavy atom. The van der Waals surface area contributed by atoms with E-state index in [-0.39, 0.29) is 36.7 Å². The Hall–Kier alpha value is -3.35. The molecule has 2 atom stereocenters. The summed E-state index contributed by atoms with van der Waals surface area (Å²) in [5, 5.41) is 14.5. The van der Waals surface area contributed by atoms with Crippen LogP contribution in [0.4, 0.5) is 4.79 Å². The number of fused-ring (bicyclic) bond motifs is 3. The molecule has 0 radical (unpaired) electrons. The summed E-state index contributed by atoms with van der Waals surface area (Å²) in [7, 11) is 0. The van der Waals surface area contributed by atoms with Gasteiger partial charge in [-0.05, 0) is 48.4 Å². The molecule has 32 heavy (non-hydrogen) atoms. The van der Waals surface area contributed by atoms with Crippen molar-refractivity contribution in [1.29, 1.82) is 0 Å². The number of alkyl carbamates (subject to hydrolysis) is 1. The first-order valence-electron chi connectivity index (χ1n) is 10.9. The lowest BCUT2D eigenvalue weighted by Crippen LogP contribution is -2.46. The summed E-state index contributed by atoms with van der Waals surface area (Å²) in [5.74, 6) is -1.30. The molecule has 2 aromatic rings. The molecule has 0 unspecified atom stereocenters. The van der Waals surface area contributed by atoms with E-state index in [1.807, 2.05) is 24.3 Å². The van der Waals surface area contributed by atoms with Crippen molar-refractivity contribution >= 4 is 18.0 Å². The van der Waals surface area contributed by atoms with Gasteiger partial charge in [0.25, 0.3) is 0 Å². The van der Waals surface area contributed by atoms with E-state index in [1.54, 1.807) is 13.8 Å². The summed E-state index contributed by atoms with van der Waals surface area (Å²) in [5.41, 5.74) is 3.86. The molecular formula is C25H28N2O5.